The minimum absolute atomic E-state index is 0.00512. The average molecular weight is 316 g/mol. The Morgan fingerprint density at radius 2 is 1.95 bits per heavy atom. The molecule has 1 aliphatic rings. The number of nitrogens with zero attached hydrogens (tertiary/aromatic N) is 1. The van der Waals surface area contributed by atoms with E-state index in [9.17, 15) is 9.59 Å². The highest BCUT2D eigenvalue weighted by Gasteiger charge is 2.27. The standard InChI is InChI=1S/C17H14ClNO3/c18-12-6-7-15-14(10-12)16(20)8-9-19(15)17(21)11-22-13-4-2-1-3-5-13/h1-7,10H,8-9,11H2. The lowest BCUT2D eigenvalue weighted by molar-refractivity contribution is -0.120. The smallest absolute Gasteiger partial charge is 0.264 e. The Balaban J connectivity index is 1.77. The highest BCUT2D eigenvalue weighted by molar-refractivity contribution is 6.31. The molecular formula is C17H14ClNO3. The number of para-hydroxylation sites is 1. The quantitative estimate of drug-likeness (QED) is 0.872. The van der Waals surface area contributed by atoms with Crippen LogP contribution in [0.15, 0.2) is 48.5 Å². The minimum Gasteiger partial charge on any atom is -0.484 e. The lowest BCUT2D eigenvalue weighted by atomic mass is 10.0. The first-order valence-corrected chi connectivity index (χ1v) is 7.34. The van der Waals surface area contributed by atoms with Crippen LogP contribution in [-0.2, 0) is 4.79 Å². The van der Waals surface area contributed by atoms with Gasteiger partial charge in [0.1, 0.15) is 5.75 Å². The van der Waals surface area contributed by atoms with E-state index < -0.39 is 0 Å². The van der Waals surface area contributed by atoms with E-state index in [1.165, 1.54) is 0 Å². The van der Waals surface area contributed by atoms with E-state index in [1.807, 2.05) is 18.2 Å². The first-order chi connectivity index (χ1) is 10.6. The molecule has 0 aliphatic carbocycles. The van der Waals surface area contributed by atoms with Crippen LogP contribution in [0, 0.1) is 0 Å². The van der Waals surface area contributed by atoms with Crippen molar-refractivity contribution in [2.75, 3.05) is 18.1 Å². The van der Waals surface area contributed by atoms with Gasteiger partial charge < -0.3 is 9.64 Å². The van der Waals surface area contributed by atoms with Crippen molar-refractivity contribution in [1.29, 1.82) is 0 Å². The van der Waals surface area contributed by atoms with Crippen LogP contribution in [0.4, 0.5) is 5.69 Å². The van der Waals surface area contributed by atoms with Crippen molar-refractivity contribution in [2.45, 2.75) is 6.42 Å². The van der Waals surface area contributed by atoms with Crippen LogP contribution in [0.3, 0.4) is 0 Å². The normalized spacial score (nSPS) is 13.7. The second-order valence-electron chi connectivity index (χ2n) is 4.98. The number of carbonyl (C=O) groups excluding carboxylic acids is 2. The summed E-state index contributed by atoms with van der Waals surface area (Å²) in [7, 11) is 0. The van der Waals surface area contributed by atoms with Gasteiger partial charge in [-0.15, -0.1) is 0 Å². The highest BCUT2D eigenvalue weighted by Crippen LogP contribution is 2.29. The van der Waals surface area contributed by atoms with E-state index in [1.54, 1.807) is 35.2 Å². The van der Waals surface area contributed by atoms with Crippen molar-refractivity contribution in [3.8, 4) is 5.75 Å². The first kappa shape index (κ1) is 14.6. The fourth-order valence-electron chi connectivity index (χ4n) is 2.43. The number of carbonyl (C=O) groups is 2. The molecule has 1 aliphatic heterocycles. The van der Waals surface area contributed by atoms with Gasteiger partial charge in [0.25, 0.3) is 5.91 Å². The van der Waals surface area contributed by atoms with Crippen molar-refractivity contribution in [3.05, 3.63) is 59.1 Å². The van der Waals surface area contributed by atoms with Gasteiger partial charge in [-0.25, -0.2) is 0 Å². The summed E-state index contributed by atoms with van der Waals surface area (Å²) in [6.45, 7) is 0.296. The zero-order valence-electron chi connectivity index (χ0n) is 11.8. The number of anilines is 1. The van der Waals surface area contributed by atoms with Crippen molar-refractivity contribution in [2.24, 2.45) is 0 Å². The van der Waals surface area contributed by atoms with Gasteiger partial charge in [0.2, 0.25) is 0 Å². The number of benzene rings is 2. The Morgan fingerprint density at radius 1 is 1.18 bits per heavy atom. The molecule has 22 heavy (non-hydrogen) atoms. The van der Waals surface area contributed by atoms with Gasteiger partial charge in [0.05, 0.1) is 5.69 Å². The molecule has 0 radical (unpaired) electrons. The number of ether oxygens (including phenoxy) is 1. The summed E-state index contributed by atoms with van der Waals surface area (Å²) in [6.07, 6.45) is 0.296. The largest absolute Gasteiger partial charge is 0.484 e. The Hall–Kier alpha value is -2.33. The molecule has 2 aromatic rings. The highest BCUT2D eigenvalue weighted by atomic mass is 35.5. The molecule has 0 saturated heterocycles. The third-order valence-corrected chi connectivity index (χ3v) is 3.75. The third-order valence-electron chi connectivity index (χ3n) is 3.52. The Kier molecular flexibility index (Phi) is 4.11. The molecule has 0 saturated carbocycles. The summed E-state index contributed by atoms with van der Waals surface area (Å²) in [6, 6.07) is 14.1. The lowest BCUT2D eigenvalue weighted by Gasteiger charge is -2.28. The number of Topliss-reactive ketones (excluding diaryl/α,β-unsaturated/α-hetero) is 1. The summed E-state index contributed by atoms with van der Waals surface area (Å²) in [5.74, 6) is 0.464. The molecule has 0 N–H and O–H groups in total. The molecule has 0 atom stereocenters. The third kappa shape index (κ3) is 2.97. The average Bonchev–Trinajstić information content (AvgIpc) is 2.54. The molecule has 0 bridgehead atoms. The van der Waals surface area contributed by atoms with Crippen LogP contribution in [-0.4, -0.2) is 24.8 Å². The molecule has 3 rings (SSSR count). The lowest BCUT2D eigenvalue weighted by Crippen LogP contribution is -2.40. The zero-order valence-corrected chi connectivity index (χ0v) is 12.5. The molecule has 112 valence electrons. The van der Waals surface area contributed by atoms with Crippen molar-refractivity contribution < 1.29 is 14.3 Å². The SMILES string of the molecule is O=C1CCN(C(=O)COc2ccccc2)c2ccc(Cl)cc21. The fourth-order valence-corrected chi connectivity index (χ4v) is 2.61. The summed E-state index contributed by atoms with van der Waals surface area (Å²) < 4.78 is 5.48. The van der Waals surface area contributed by atoms with Gasteiger partial charge in [0.15, 0.2) is 12.4 Å². The number of halogens is 1. The number of ketones is 1. The van der Waals surface area contributed by atoms with Gasteiger partial charge in [0, 0.05) is 23.6 Å². The first-order valence-electron chi connectivity index (χ1n) is 6.96. The number of amides is 1. The Bertz CT molecular complexity index is 715. The van der Waals surface area contributed by atoms with Crippen LogP contribution < -0.4 is 9.64 Å². The van der Waals surface area contributed by atoms with Crippen molar-refractivity contribution in [1.82, 2.24) is 0 Å². The molecule has 4 nitrogen and oxygen atoms in total. The van der Waals surface area contributed by atoms with Gasteiger partial charge in [-0.05, 0) is 30.3 Å². The number of rotatable bonds is 3. The maximum Gasteiger partial charge on any atom is 0.264 e. The number of hydrogen-bond donors (Lipinski definition) is 0. The Morgan fingerprint density at radius 3 is 2.73 bits per heavy atom. The monoisotopic (exact) mass is 315 g/mol. The van der Waals surface area contributed by atoms with Crippen molar-refractivity contribution >= 4 is 29.0 Å². The van der Waals surface area contributed by atoms with Crippen LogP contribution in [0.2, 0.25) is 5.02 Å². The van der Waals surface area contributed by atoms with Gasteiger partial charge >= 0.3 is 0 Å². The van der Waals surface area contributed by atoms with E-state index in [2.05, 4.69) is 0 Å². The predicted octanol–water partition coefficient (Wildman–Crippen LogP) is 3.34. The summed E-state index contributed by atoms with van der Waals surface area (Å²) in [5.41, 5.74) is 1.09. The molecular weight excluding hydrogens is 302 g/mol. The van der Waals surface area contributed by atoms with E-state index >= 15 is 0 Å². The summed E-state index contributed by atoms with van der Waals surface area (Å²) in [4.78, 5) is 25.9. The summed E-state index contributed by atoms with van der Waals surface area (Å²) >= 11 is 5.93. The topological polar surface area (TPSA) is 46.6 Å². The number of fused-ring (bicyclic) bond motifs is 1. The second kappa shape index (κ2) is 6.20. The molecule has 1 amide bonds. The van der Waals surface area contributed by atoms with Gasteiger partial charge in [-0.3, -0.25) is 9.59 Å². The van der Waals surface area contributed by atoms with Crippen LogP contribution in [0.25, 0.3) is 0 Å². The van der Waals surface area contributed by atoms with Crippen LogP contribution in [0.5, 0.6) is 5.75 Å². The van der Waals surface area contributed by atoms with Crippen molar-refractivity contribution in [3.63, 3.8) is 0 Å². The van der Waals surface area contributed by atoms with E-state index in [0.717, 1.165) is 0 Å². The minimum atomic E-state index is -0.181. The van der Waals surface area contributed by atoms with E-state index in [4.69, 9.17) is 16.3 Å². The zero-order chi connectivity index (χ0) is 15.5. The van der Waals surface area contributed by atoms with Gasteiger partial charge in [-0.1, -0.05) is 29.8 Å². The maximum atomic E-state index is 12.4. The Labute approximate surface area is 133 Å². The molecule has 5 heteroatoms. The van der Waals surface area contributed by atoms with Gasteiger partial charge in [-0.2, -0.15) is 0 Å². The molecule has 0 fully saturated rings. The van der Waals surface area contributed by atoms with Crippen LogP contribution >= 0.6 is 11.6 Å². The van der Waals surface area contributed by atoms with E-state index in [-0.39, 0.29) is 18.3 Å². The molecule has 0 unspecified atom stereocenters. The number of hydrogen-bond acceptors (Lipinski definition) is 3. The molecule has 1 heterocycles. The van der Waals surface area contributed by atoms with E-state index in [0.29, 0.717) is 35.0 Å². The fraction of sp³-hybridized carbons (Fsp3) is 0.176. The molecule has 0 aromatic heterocycles. The second-order valence-corrected chi connectivity index (χ2v) is 5.42. The molecule has 2 aromatic carbocycles. The van der Waals surface area contributed by atoms with Crippen LogP contribution in [0.1, 0.15) is 16.8 Å². The maximum absolute atomic E-state index is 12.4. The summed E-state index contributed by atoms with van der Waals surface area (Å²) in [5, 5.41) is 0.488. The molecule has 0 spiro atoms. The predicted molar refractivity (Wildman–Crippen MR) is 84.7 cm³/mol.